The number of ether oxygens (including phenoxy) is 1. The van der Waals surface area contributed by atoms with Crippen LogP contribution in [0.4, 0.5) is 5.69 Å². The monoisotopic (exact) mass is 314 g/mol. The lowest BCUT2D eigenvalue weighted by atomic mass is 10.1. The molecule has 0 unspecified atom stereocenters. The van der Waals surface area contributed by atoms with Crippen molar-refractivity contribution in [3.8, 4) is 5.75 Å². The lowest BCUT2D eigenvalue weighted by Gasteiger charge is -2.17. The number of nitrogens with one attached hydrogen (secondary N) is 2. The zero-order valence-corrected chi connectivity index (χ0v) is 13.8. The fourth-order valence-corrected chi connectivity index (χ4v) is 2.51. The maximum absolute atomic E-state index is 5.36. The molecule has 116 valence electrons. The van der Waals surface area contributed by atoms with Crippen LogP contribution in [0.2, 0.25) is 0 Å². The number of hydrogen-bond donors (Lipinski definition) is 2. The molecule has 2 aromatic carbocycles. The summed E-state index contributed by atoms with van der Waals surface area (Å²) < 4.78 is 5.20. The van der Waals surface area contributed by atoms with Crippen LogP contribution < -0.4 is 15.4 Å². The SMILES string of the molecule is COc1cccc(NC(=S)N[C@@H](C)CCc2ccccc2)c1. The molecule has 1 atom stereocenters. The van der Waals surface area contributed by atoms with Crippen molar-refractivity contribution >= 4 is 23.0 Å². The number of thiocarbonyl (C=S) groups is 1. The van der Waals surface area contributed by atoms with E-state index in [4.69, 9.17) is 17.0 Å². The quantitative estimate of drug-likeness (QED) is 0.790. The Bertz CT molecular complexity index is 601. The van der Waals surface area contributed by atoms with E-state index >= 15 is 0 Å². The minimum absolute atomic E-state index is 0.311. The van der Waals surface area contributed by atoms with Gasteiger partial charge in [-0.2, -0.15) is 0 Å². The highest BCUT2D eigenvalue weighted by atomic mass is 32.1. The summed E-state index contributed by atoms with van der Waals surface area (Å²) in [4.78, 5) is 0. The van der Waals surface area contributed by atoms with Crippen molar-refractivity contribution in [3.05, 3.63) is 60.2 Å². The summed E-state index contributed by atoms with van der Waals surface area (Å²) in [5.41, 5.74) is 2.27. The van der Waals surface area contributed by atoms with Gasteiger partial charge < -0.3 is 15.4 Å². The Morgan fingerprint density at radius 3 is 2.64 bits per heavy atom. The van der Waals surface area contributed by atoms with Crippen LogP contribution in [0.15, 0.2) is 54.6 Å². The first-order valence-corrected chi connectivity index (χ1v) is 7.83. The highest BCUT2D eigenvalue weighted by Gasteiger charge is 2.05. The van der Waals surface area contributed by atoms with Crippen LogP contribution in [-0.2, 0) is 6.42 Å². The van der Waals surface area contributed by atoms with Gasteiger partial charge >= 0.3 is 0 Å². The maximum atomic E-state index is 5.36. The molecular formula is C18H22N2OS. The standard InChI is InChI=1S/C18H22N2OS/c1-14(11-12-15-7-4-3-5-8-15)19-18(22)20-16-9-6-10-17(13-16)21-2/h3-10,13-14H,11-12H2,1-2H3,(H2,19,20,22)/t14-/m0/s1. The summed E-state index contributed by atoms with van der Waals surface area (Å²) in [6, 6.07) is 18.5. The fraction of sp³-hybridized carbons (Fsp3) is 0.278. The molecule has 0 radical (unpaired) electrons. The van der Waals surface area contributed by atoms with Gasteiger partial charge in [-0.15, -0.1) is 0 Å². The summed E-state index contributed by atoms with van der Waals surface area (Å²) in [5.74, 6) is 0.810. The Balaban J connectivity index is 1.78. The molecule has 3 nitrogen and oxygen atoms in total. The number of rotatable bonds is 6. The van der Waals surface area contributed by atoms with E-state index in [1.807, 2.05) is 30.3 Å². The predicted octanol–water partition coefficient (Wildman–Crippen LogP) is 4.00. The van der Waals surface area contributed by atoms with Crippen LogP contribution in [0.5, 0.6) is 5.75 Å². The predicted molar refractivity (Wildman–Crippen MR) is 96.6 cm³/mol. The second-order valence-electron chi connectivity index (χ2n) is 5.26. The molecule has 0 aliphatic carbocycles. The molecule has 0 amide bonds. The molecule has 0 aliphatic rings. The van der Waals surface area contributed by atoms with Crippen molar-refractivity contribution in [2.75, 3.05) is 12.4 Å². The molecular weight excluding hydrogens is 292 g/mol. The van der Waals surface area contributed by atoms with Crippen molar-refractivity contribution < 1.29 is 4.74 Å². The number of aryl methyl sites for hydroxylation is 1. The summed E-state index contributed by atoms with van der Waals surface area (Å²) in [6.07, 6.45) is 2.07. The molecule has 2 N–H and O–H groups in total. The van der Waals surface area contributed by atoms with Crippen LogP contribution in [0.25, 0.3) is 0 Å². The number of benzene rings is 2. The largest absolute Gasteiger partial charge is 0.497 e. The summed E-state index contributed by atoms with van der Waals surface area (Å²) in [6.45, 7) is 2.14. The Kier molecular flexibility index (Phi) is 6.22. The molecule has 2 rings (SSSR count). The fourth-order valence-electron chi connectivity index (χ4n) is 2.19. The van der Waals surface area contributed by atoms with Crippen molar-refractivity contribution in [1.82, 2.24) is 5.32 Å². The summed E-state index contributed by atoms with van der Waals surface area (Å²) >= 11 is 5.36. The third-order valence-corrected chi connectivity index (χ3v) is 3.63. The third-order valence-electron chi connectivity index (χ3n) is 3.41. The van der Waals surface area contributed by atoms with Gasteiger partial charge in [0.1, 0.15) is 5.75 Å². The first-order chi connectivity index (χ1) is 10.7. The van der Waals surface area contributed by atoms with Crippen LogP contribution in [0, 0.1) is 0 Å². The molecule has 2 aromatic rings. The first kappa shape index (κ1) is 16.3. The average molecular weight is 314 g/mol. The molecule has 4 heteroatoms. The summed E-state index contributed by atoms with van der Waals surface area (Å²) in [5, 5.41) is 7.13. The normalized spacial score (nSPS) is 11.5. The van der Waals surface area contributed by atoms with Gasteiger partial charge in [0, 0.05) is 17.8 Å². The Morgan fingerprint density at radius 1 is 1.14 bits per heavy atom. The van der Waals surface area contributed by atoms with Crippen molar-refractivity contribution in [2.24, 2.45) is 0 Å². The molecule has 22 heavy (non-hydrogen) atoms. The average Bonchev–Trinajstić information content (AvgIpc) is 2.54. The van der Waals surface area contributed by atoms with Gasteiger partial charge in [-0.25, -0.2) is 0 Å². The van der Waals surface area contributed by atoms with Gasteiger partial charge in [-0.05, 0) is 49.7 Å². The Morgan fingerprint density at radius 2 is 1.91 bits per heavy atom. The van der Waals surface area contributed by atoms with Crippen LogP contribution >= 0.6 is 12.2 Å². The van der Waals surface area contributed by atoms with Gasteiger partial charge in [-0.1, -0.05) is 36.4 Å². The van der Waals surface area contributed by atoms with E-state index in [0.717, 1.165) is 24.3 Å². The third kappa shape index (κ3) is 5.37. The molecule has 0 aromatic heterocycles. The van der Waals surface area contributed by atoms with Gasteiger partial charge in [0.15, 0.2) is 5.11 Å². The van der Waals surface area contributed by atoms with E-state index in [9.17, 15) is 0 Å². The van der Waals surface area contributed by atoms with E-state index in [1.54, 1.807) is 7.11 Å². The van der Waals surface area contributed by atoms with E-state index in [2.05, 4.69) is 41.8 Å². The lowest BCUT2D eigenvalue weighted by Crippen LogP contribution is -2.36. The first-order valence-electron chi connectivity index (χ1n) is 7.43. The highest BCUT2D eigenvalue weighted by molar-refractivity contribution is 7.80. The van der Waals surface area contributed by atoms with E-state index in [0.29, 0.717) is 11.2 Å². The Hall–Kier alpha value is -2.07. The van der Waals surface area contributed by atoms with E-state index in [-0.39, 0.29) is 0 Å². The van der Waals surface area contributed by atoms with Crippen molar-refractivity contribution in [2.45, 2.75) is 25.8 Å². The van der Waals surface area contributed by atoms with Crippen LogP contribution in [0.3, 0.4) is 0 Å². The zero-order valence-electron chi connectivity index (χ0n) is 13.0. The molecule has 0 spiro atoms. The maximum Gasteiger partial charge on any atom is 0.170 e. The van der Waals surface area contributed by atoms with E-state index < -0.39 is 0 Å². The molecule has 0 aliphatic heterocycles. The van der Waals surface area contributed by atoms with Gasteiger partial charge in [0.2, 0.25) is 0 Å². The number of methoxy groups -OCH3 is 1. The molecule has 0 saturated heterocycles. The van der Waals surface area contributed by atoms with Gasteiger partial charge in [-0.3, -0.25) is 0 Å². The topological polar surface area (TPSA) is 33.3 Å². The molecule has 0 saturated carbocycles. The minimum Gasteiger partial charge on any atom is -0.497 e. The lowest BCUT2D eigenvalue weighted by molar-refractivity contribution is 0.415. The smallest absolute Gasteiger partial charge is 0.170 e. The minimum atomic E-state index is 0.311. The molecule has 0 heterocycles. The van der Waals surface area contributed by atoms with Crippen LogP contribution in [0.1, 0.15) is 18.9 Å². The Labute approximate surface area is 137 Å². The van der Waals surface area contributed by atoms with Crippen molar-refractivity contribution in [1.29, 1.82) is 0 Å². The van der Waals surface area contributed by atoms with Gasteiger partial charge in [0.25, 0.3) is 0 Å². The highest BCUT2D eigenvalue weighted by Crippen LogP contribution is 2.16. The number of anilines is 1. The second kappa shape index (κ2) is 8.39. The van der Waals surface area contributed by atoms with Crippen LogP contribution in [-0.4, -0.2) is 18.3 Å². The summed E-state index contributed by atoms with van der Waals surface area (Å²) in [7, 11) is 1.65. The van der Waals surface area contributed by atoms with Crippen molar-refractivity contribution in [3.63, 3.8) is 0 Å². The van der Waals surface area contributed by atoms with E-state index in [1.165, 1.54) is 5.56 Å². The molecule has 0 fully saturated rings. The molecule has 0 bridgehead atoms. The zero-order chi connectivity index (χ0) is 15.8. The number of hydrogen-bond acceptors (Lipinski definition) is 2. The van der Waals surface area contributed by atoms with Gasteiger partial charge in [0.05, 0.1) is 7.11 Å². The second-order valence-corrected chi connectivity index (χ2v) is 5.66.